The van der Waals surface area contributed by atoms with Crippen LogP contribution in [0.25, 0.3) is 18.2 Å². The number of ether oxygens (including phenoxy) is 2. The Balaban J connectivity index is 1.77. The number of carbonyl (C=O) groups excluding carboxylic acids is 1. The van der Waals surface area contributed by atoms with E-state index in [2.05, 4.69) is 29.6 Å². The van der Waals surface area contributed by atoms with Crippen LogP contribution in [0.15, 0.2) is 48.0 Å². The monoisotopic (exact) mass is 363 g/mol. The molecule has 0 saturated carbocycles. The highest BCUT2D eigenvalue weighted by atomic mass is 16.5. The minimum absolute atomic E-state index is 0.328. The van der Waals surface area contributed by atoms with E-state index in [-0.39, 0.29) is 5.97 Å². The van der Waals surface area contributed by atoms with Crippen LogP contribution in [0, 0.1) is 0 Å². The van der Waals surface area contributed by atoms with Gasteiger partial charge in [-0.15, -0.1) is 0 Å². The molecule has 140 valence electrons. The van der Waals surface area contributed by atoms with Crippen LogP contribution in [-0.2, 0) is 4.74 Å². The molecule has 0 unspecified atom stereocenters. The highest BCUT2D eigenvalue weighted by molar-refractivity contribution is 5.89. The van der Waals surface area contributed by atoms with Crippen molar-refractivity contribution in [1.29, 1.82) is 0 Å². The van der Waals surface area contributed by atoms with Crippen LogP contribution in [0.1, 0.15) is 28.8 Å². The van der Waals surface area contributed by atoms with Gasteiger partial charge < -0.3 is 14.8 Å². The summed E-state index contributed by atoms with van der Waals surface area (Å²) in [6, 6.07) is 13.6. The number of likely N-dealkylation sites (N-methyl/N-ethyl adjacent to an activating group) is 1. The van der Waals surface area contributed by atoms with Crippen molar-refractivity contribution in [3.05, 3.63) is 69.6 Å². The maximum Gasteiger partial charge on any atom is 0.337 e. The summed E-state index contributed by atoms with van der Waals surface area (Å²) in [5, 5.41) is 5.63. The molecular formula is C23H25NO3. The molecule has 0 amide bonds. The van der Waals surface area contributed by atoms with E-state index in [0.29, 0.717) is 12.2 Å². The molecule has 0 saturated heterocycles. The van der Waals surface area contributed by atoms with Crippen LogP contribution < -0.4 is 20.5 Å². The van der Waals surface area contributed by atoms with Crippen LogP contribution in [0.4, 0.5) is 0 Å². The topological polar surface area (TPSA) is 47.6 Å². The van der Waals surface area contributed by atoms with Crippen molar-refractivity contribution in [2.45, 2.75) is 12.8 Å². The molecule has 0 bridgehead atoms. The number of esters is 1. The van der Waals surface area contributed by atoms with Gasteiger partial charge >= 0.3 is 5.97 Å². The fraction of sp³-hybridized carbons (Fsp3) is 0.261. The zero-order valence-corrected chi connectivity index (χ0v) is 15.8. The Kier molecular flexibility index (Phi) is 6.44. The zero-order chi connectivity index (χ0) is 19.1. The van der Waals surface area contributed by atoms with Gasteiger partial charge in [0.15, 0.2) is 0 Å². The third kappa shape index (κ3) is 4.86. The number of carbonyl (C=O) groups is 1. The molecule has 1 aliphatic carbocycles. The zero-order valence-electron chi connectivity index (χ0n) is 15.8. The number of nitrogens with one attached hydrogen (secondary N) is 1. The van der Waals surface area contributed by atoms with Crippen molar-refractivity contribution < 1.29 is 14.3 Å². The SMILES string of the molecule is CNC/C(=C/c1ccc(C(=O)OC)cc1)COc1cccc2c1=CCCC=2. The van der Waals surface area contributed by atoms with Crippen LogP contribution in [0.5, 0.6) is 5.75 Å². The van der Waals surface area contributed by atoms with Crippen molar-refractivity contribution in [1.82, 2.24) is 5.32 Å². The van der Waals surface area contributed by atoms with Crippen molar-refractivity contribution in [2.24, 2.45) is 0 Å². The predicted molar refractivity (Wildman–Crippen MR) is 109 cm³/mol. The van der Waals surface area contributed by atoms with E-state index in [9.17, 15) is 4.79 Å². The summed E-state index contributed by atoms with van der Waals surface area (Å²) in [5.74, 6) is 0.595. The van der Waals surface area contributed by atoms with Gasteiger partial charge in [0.05, 0.1) is 12.7 Å². The summed E-state index contributed by atoms with van der Waals surface area (Å²) in [6.07, 6.45) is 8.73. The third-order valence-electron chi connectivity index (χ3n) is 4.50. The van der Waals surface area contributed by atoms with Crippen LogP contribution in [0.2, 0.25) is 0 Å². The first-order valence-electron chi connectivity index (χ1n) is 9.16. The summed E-state index contributed by atoms with van der Waals surface area (Å²) < 4.78 is 10.9. The smallest absolute Gasteiger partial charge is 0.337 e. The highest BCUT2D eigenvalue weighted by Crippen LogP contribution is 2.12. The standard InChI is InChI=1S/C23H25NO3/c1-24-15-18(14-17-10-12-20(13-11-17)23(25)26-2)16-27-22-9-5-7-19-6-3-4-8-21(19)22/h5-14,24H,3-4,15-16H2,1-2H3/b18-14-. The number of benzene rings is 2. The lowest BCUT2D eigenvalue weighted by Crippen LogP contribution is -2.29. The minimum atomic E-state index is -0.328. The minimum Gasteiger partial charge on any atom is -0.489 e. The normalized spacial score (nSPS) is 13.2. The first-order chi connectivity index (χ1) is 13.2. The van der Waals surface area contributed by atoms with Crippen molar-refractivity contribution in [3.63, 3.8) is 0 Å². The summed E-state index contributed by atoms with van der Waals surface area (Å²) in [6.45, 7) is 1.23. The van der Waals surface area contributed by atoms with Crippen molar-refractivity contribution >= 4 is 24.2 Å². The molecule has 2 aromatic carbocycles. The van der Waals surface area contributed by atoms with E-state index >= 15 is 0 Å². The largest absolute Gasteiger partial charge is 0.489 e. The molecule has 0 aromatic heterocycles. The molecule has 27 heavy (non-hydrogen) atoms. The van der Waals surface area contributed by atoms with Crippen LogP contribution in [0.3, 0.4) is 0 Å². The molecule has 0 radical (unpaired) electrons. The Morgan fingerprint density at radius 1 is 1.11 bits per heavy atom. The van der Waals surface area contributed by atoms with Crippen molar-refractivity contribution in [3.8, 4) is 5.75 Å². The summed E-state index contributed by atoms with van der Waals surface area (Å²) in [7, 11) is 3.30. The van der Waals surface area contributed by atoms with Gasteiger partial charge in [-0.1, -0.05) is 42.5 Å². The fourth-order valence-electron chi connectivity index (χ4n) is 3.16. The van der Waals surface area contributed by atoms with E-state index in [0.717, 1.165) is 36.3 Å². The van der Waals surface area contributed by atoms with E-state index in [1.807, 2.05) is 31.3 Å². The van der Waals surface area contributed by atoms with E-state index in [1.54, 1.807) is 12.1 Å². The number of rotatable bonds is 7. The Bertz CT molecular complexity index is 943. The fourth-order valence-corrected chi connectivity index (χ4v) is 3.16. The van der Waals surface area contributed by atoms with E-state index in [1.165, 1.54) is 17.5 Å². The molecule has 3 rings (SSSR count). The molecule has 0 atom stereocenters. The molecule has 1 aliphatic rings. The predicted octanol–water partition coefficient (Wildman–Crippen LogP) is 2.51. The van der Waals surface area contributed by atoms with Gasteiger partial charge in [0.25, 0.3) is 0 Å². The maximum absolute atomic E-state index is 11.6. The molecule has 1 N–H and O–H groups in total. The second-order valence-electron chi connectivity index (χ2n) is 6.48. The van der Waals surface area contributed by atoms with Gasteiger partial charge in [0.1, 0.15) is 12.4 Å². The van der Waals surface area contributed by atoms with E-state index < -0.39 is 0 Å². The van der Waals surface area contributed by atoms with Gasteiger partial charge in [0, 0.05) is 11.8 Å². The lowest BCUT2D eigenvalue weighted by molar-refractivity contribution is 0.0600. The molecule has 4 nitrogen and oxygen atoms in total. The van der Waals surface area contributed by atoms with Gasteiger partial charge in [-0.3, -0.25) is 0 Å². The Morgan fingerprint density at radius 3 is 2.63 bits per heavy atom. The second kappa shape index (κ2) is 9.19. The molecule has 0 heterocycles. The van der Waals surface area contributed by atoms with Gasteiger partial charge in [-0.2, -0.15) is 0 Å². The number of hydrogen-bond acceptors (Lipinski definition) is 4. The average molecular weight is 363 g/mol. The Morgan fingerprint density at radius 2 is 1.89 bits per heavy atom. The van der Waals surface area contributed by atoms with Gasteiger partial charge in [-0.05, 0) is 54.4 Å². The second-order valence-corrected chi connectivity index (χ2v) is 6.48. The van der Waals surface area contributed by atoms with Crippen LogP contribution >= 0.6 is 0 Å². The first kappa shape index (κ1) is 18.9. The molecule has 0 spiro atoms. The quantitative estimate of drug-likeness (QED) is 0.768. The van der Waals surface area contributed by atoms with Gasteiger partial charge in [-0.25, -0.2) is 4.79 Å². The Labute approximate surface area is 159 Å². The first-order valence-corrected chi connectivity index (χ1v) is 9.16. The summed E-state index contributed by atoms with van der Waals surface area (Å²) >= 11 is 0. The molecule has 2 aromatic rings. The van der Waals surface area contributed by atoms with E-state index in [4.69, 9.17) is 9.47 Å². The van der Waals surface area contributed by atoms with Crippen LogP contribution in [-0.4, -0.2) is 33.3 Å². The lowest BCUT2D eigenvalue weighted by Gasteiger charge is -2.12. The number of fused-ring (bicyclic) bond motifs is 1. The number of hydrogen-bond donors (Lipinski definition) is 1. The van der Waals surface area contributed by atoms with Gasteiger partial charge in [0.2, 0.25) is 0 Å². The highest BCUT2D eigenvalue weighted by Gasteiger charge is 2.06. The molecule has 0 aliphatic heterocycles. The average Bonchev–Trinajstić information content (AvgIpc) is 2.72. The molecule has 4 heteroatoms. The summed E-state index contributed by atoms with van der Waals surface area (Å²) in [5.41, 5.74) is 2.69. The molecular weight excluding hydrogens is 338 g/mol. The van der Waals surface area contributed by atoms with Crippen molar-refractivity contribution in [2.75, 3.05) is 27.3 Å². The Hall–Kier alpha value is -2.85. The summed E-state index contributed by atoms with van der Waals surface area (Å²) in [4.78, 5) is 11.6. The number of methoxy groups -OCH3 is 1. The lowest BCUT2D eigenvalue weighted by atomic mass is 10.1. The third-order valence-corrected chi connectivity index (χ3v) is 4.50. The molecule has 0 fully saturated rings. The maximum atomic E-state index is 11.6.